The van der Waals surface area contributed by atoms with Crippen molar-refractivity contribution in [3.05, 3.63) is 17.5 Å². The first-order valence-electron chi connectivity index (χ1n) is 6.20. The van der Waals surface area contributed by atoms with E-state index >= 15 is 0 Å². The fourth-order valence-electron chi connectivity index (χ4n) is 3.11. The lowest BCUT2D eigenvalue weighted by molar-refractivity contribution is -0.120. The Labute approximate surface area is 103 Å². The van der Waals surface area contributed by atoms with Gasteiger partial charge in [0.2, 0.25) is 0 Å². The molecular formula is C14H22N2O. The topological polar surface area (TPSA) is 34.9 Å². The van der Waals surface area contributed by atoms with E-state index in [1.165, 1.54) is 0 Å². The van der Waals surface area contributed by atoms with E-state index < -0.39 is 0 Å². The lowest BCUT2D eigenvalue weighted by Gasteiger charge is -2.03. The van der Waals surface area contributed by atoms with Gasteiger partial charge in [-0.1, -0.05) is 27.7 Å². The van der Waals surface area contributed by atoms with Crippen molar-refractivity contribution in [2.24, 2.45) is 23.8 Å². The average Bonchev–Trinajstić information content (AvgIpc) is 2.41. The van der Waals surface area contributed by atoms with Crippen LogP contribution < -0.4 is 0 Å². The maximum Gasteiger partial charge on any atom is 0.143 e. The Bertz CT molecular complexity index is 455. The molecule has 1 saturated carbocycles. The Balaban J connectivity index is 2.12. The van der Waals surface area contributed by atoms with Crippen LogP contribution in [0, 0.1) is 23.7 Å². The van der Waals surface area contributed by atoms with Crippen molar-refractivity contribution >= 4 is 5.78 Å². The zero-order valence-corrected chi connectivity index (χ0v) is 11.7. The molecule has 1 heterocycles. The Morgan fingerprint density at radius 1 is 1.35 bits per heavy atom. The van der Waals surface area contributed by atoms with Crippen molar-refractivity contribution < 1.29 is 4.79 Å². The molecule has 1 aliphatic rings. The van der Waals surface area contributed by atoms with Crippen molar-refractivity contribution in [3.8, 4) is 0 Å². The summed E-state index contributed by atoms with van der Waals surface area (Å²) in [6.45, 7) is 10.7. The molecule has 0 aliphatic heterocycles. The van der Waals surface area contributed by atoms with Gasteiger partial charge in [0, 0.05) is 25.1 Å². The number of nitrogens with zero attached hydrogens (tertiary/aromatic N) is 2. The molecule has 0 atom stereocenters. The third kappa shape index (κ3) is 1.72. The molecular weight excluding hydrogens is 212 g/mol. The predicted molar refractivity (Wildman–Crippen MR) is 67.7 cm³/mol. The monoisotopic (exact) mass is 234 g/mol. The molecule has 0 unspecified atom stereocenters. The fraction of sp³-hybridized carbons (Fsp3) is 0.714. The van der Waals surface area contributed by atoms with E-state index in [0.29, 0.717) is 12.2 Å². The predicted octanol–water partition coefficient (Wildman–Crippen LogP) is 2.52. The van der Waals surface area contributed by atoms with Crippen LogP contribution in [0.5, 0.6) is 0 Å². The van der Waals surface area contributed by atoms with Crippen LogP contribution in [0.2, 0.25) is 0 Å². The third-order valence-corrected chi connectivity index (χ3v) is 4.80. The second-order valence-corrected chi connectivity index (χ2v) is 6.42. The summed E-state index contributed by atoms with van der Waals surface area (Å²) in [4.78, 5) is 12.3. The van der Waals surface area contributed by atoms with E-state index in [1.807, 2.05) is 24.7 Å². The Hall–Kier alpha value is -1.12. The molecule has 0 aromatic carbocycles. The number of ketones is 1. The highest BCUT2D eigenvalue weighted by Crippen LogP contribution is 2.68. The highest BCUT2D eigenvalue weighted by Gasteiger charge is 2.67. The third-order valence-electron chi connectivity index (χ3n) is 4.80. The van der Waals surface area contributed by atoms with Gasteiger partial charge in [0.1, 0.15) is 5.78 Å². The molecule has 1 aromatic heterocycles. The summed E-state index contributed by atoms with van der Waals surface area (Å²) in [5.41, 5.74) is 2.27. The van der Waals surface area contributed by atoms with Gasteiger partial charge in [-0.3, -0.25) is 9.48 Å². The van der Waals surface area contributed by atoms with E-state index in [-0.39, 0.29) is 16.7 Å². The smallest absolute Gasteiger partial charge is 0.143 e. The molecule has 1 aliphatic carbocycles. The fourth-order valence-corrected chi connectivity index (χ4v) is 3.11. The summed E-state index contributed by atoms with van der Waals surface area (Å²) in [5.74, 6) is 0.535. The van der Waals surface area contributed by atoms with E-state index in [1.54, 1.807) is 0 Å². The van der Waals surface area contributed by atoms with Crippen molar-refractivity contribution in [1.82, 2.24) is 9.78 Å². The molecule has 0 saturated heterocycles. The molecule has 1 aromatic rings. The number of carbonyl (C=O) groups is 1. The Morgan fingerprint density at radius 3 is 2.24 bits per heavy atom. The SMILES string of the molecule is Cc1cc(CC(=O)C2C(C)(C)C2(C)C)n(C)n1. The zero-order chi connectivity index (χ0) is 13.0. The lowest BCUT2D eigenvalue weighted by Crippen LogP contribution is -2.12. The molecule has 1 fully saturated rings. The van der Waals surface area contributed by atoms with Crippen LogP contribution in [-0.4, -0.2) is 15.6 Å². The van der Waals surface area contributed by atoms with E-state index in [4.69, 9.17) is 0 Å². The normalized spacial score (nSPS) is 21.5. The second-order valence-electron chi connectivity index (χ2n) is 6.42. The number of hydrogen-bond acceptors (Lipinski definition) is 2. The number of aromatic nitrogens is 2. The first-order valence-corrected chi connectivity index (χ1v) is 6.20. The van der Waals surface area contributed by atoms with Crippen molar-refractivity contribution in [3.63, 3.8) is 0 Å². The van der Waals surface area contributed by atoms with Crippen molar-refractivity contribution in [1.29, 1.82) is 0 Å². The maximum atomic E-state index is 12.3. The molecule has 17 heavy (non-hydrogen) atoms. The molecule has 94 valence electrons. The molecule has 0 spiro atoms. The van der Waals surface area contributed by atoms with Gasteiger partial charge in [-0.05, 0) is 23.8 Å². The summed E-state index contributed by atoms with van der Waals surface area (Å²) in [6, 6.07) is 2.00. The van der Waals surface area contributed by atoms with Gasteiger partial charge in [0.05, 0.1) is 5.69 Å². The number of hydrogen-bond donors (Lipinski definition) is 0. The van der Waals surface area contributed by atoms with E-state index in [9.17, 15) is 4.79 Å². The van der Waals surface area contributed by atoms with Crippen LogP contribution in [0.15, 0.2) is 6.07 Å². The minimum absolute atomic E-state index is 0.137. The minimum Gasteiger partial charge on any atom is -0.299 e. The summed E-state index contributed by atoms with van der Waals surface area (Å²) >= 11 is 0. The lowest BCUT2D eigenvalue weighted by atomic mass is 10.0. The van der Waals surface area contributed by atoms with Crippen LogP contribution >= 0.6 is 0 Å². The Kier molecular flexibility index (Phi) is 2.49. The van der Waals surface area contributed by atoms with E-state index in [0.717, 1.165) is 11.4 Å². The minimum atomic E-state index is 0.137. The first kappa shape index (κ1) is 12.3. The molecule has 3 nitrogen and oxygen atoms in total. The summed E-state index contributed by atoms with van der Waals surface area (Å²) in [6.07, 6.45) is 0.509. The summed E-state index contributed by atoms with van der Waals surface area (Å²) < 4.78 is 1.82. The highest BCUT2D eigenvalue weighted by atomic mass is 16.1. The van der Waals surface area contributed by atoms with Gasteiger partial charge >= 0.3 is 0 Å². The van der Waals surface area contributed by atoms with Gasteiger partial charge in [0.25, 0.3) is 0 Å². The first-order chi connectivity index (χ1) is 7.68. The maximum absolute atomic E-state index is 12.3. The Morgan fingerprint density at radius 2 is 1.88 bits per heavy atom. The van der Waals surface area contributed by atoms with Gasteiger partial charge in [-0.15, -0.1) is 0 Å². The van der Waals surface area contributed by atoms with Crippen molar-refractivity contribution in [2.75, 3.05) is 0 Å². The molecule has 2 rings (SSSR count). The number of Topliss-reactive ketones (excluding diaryl/α,β-unsaturated/α-hetero) is 1. The van der Waals surface area contributed by atoms with Crippen LogP contribution in [0.25, 0.3) is 0 Å². The van der Waals surface area contributed by atoms with Crippen LogP contribution in [0.1, 0.15) is 39.1 Å². The summed E-state index contributed by atoms with van der Waals surface area (Å²) in [7, 11) is 1.90. The molecule has 0 bridgehead atoms. The zero-order valence-electron chi connectivity index (χ0n) is 11.7. The molecule has 0 amide bonds. The van der Waals surface area contributed by atoms with Gasteiger partial charge in [-0.2, -0.15) is 5.10 Å². The second kappa shape index (κ2) is 3.44. The highest BCUT2D eigenvalue weighted by molar-refractivity contribution is 5.87. The van der Waals surface area contributed by atoms with Gasteiger partial charge < -0.3 is 0 Å². The van der Waals surface area contributed by atoms with Crippen molar-refractivity contribution in [2.45, 2.75) is 41.0 Å². The van der Waals surface area contributed by atoms with Crippen LogP contribution in [0.3, 0.4) is 0 Å². The summed E-state index contributed by atoms with van der Waals surface area (Å²) in [5, 5.41) is 4.28. The molecule has 0 N–H and O–H groups in total. The van der Waals surface area contributed by atoms with E-state index in [2.05, 4.69) is 32.8 Å². The largest absolute Gasteiger partial charge is 0.299 e. The van der Waals surface area contributed by atoms with Crippen LogP contribution in [-0.2, 0) is 18.3 Å². The standard InChI is InChI=1S/C14H22N2O/c1-9-7-10(16(6)15-9)8-11(17)12-13(2,3)14(12,4)5/h7,12H,8H2,1-6H3. The number of carbonyl (C=O) groups excluding carboxylic acids is 1. The molecule has 3 heteroatoms. The quantitative estimate of drug-likeness (QED) is 0.805. The van der Waals surface area contributed by atoms with Gasteiger partial charge in [-0.25, -0.2) is 0 Å². The molecule has 0 radical (unpaired) electrons. The van der Waals surface area contributed by atoms with Crippen LogP contribution in [0.4, 0.5) is 0 Å². The number of rotatable bonds is 3. The average molecular weight is 234 g/mol. The van der Waals surface area contributed by atoms with Gasteiger partial charge in [0.15, 0.2) is 0 Å². The number of aryl methyl sites for hydroxylation is 2.